The molecule has 0 aromatic heterocycles. The summed E-state index contributed by atoms with van der Waals surface area (Å²) in [5.41, 5.74) is 3.81. The molecule has 1 aromatic carbocycles. The van der Waals surface area contributed by atoms with Crippen molar-refractivity contribution >= 4 is 23.4 Å². The lowest BCUT2D eigenvalue weighted by molar-refractivity contribution is 0.0939. The molecule has 5 heteroatoms. The highest BCUT2D eigenvalue weighted by atomic mass is 32.2. The van der Waals surface area contributed by atoms with Crippen molar-refractivity contribution in [3.05, 3.63) is 29.8 Å². The first-order valence-corrected chi connectivity index (χ1v) is 6.91. The average molecular weight is 251 g/mol. The van der Waals surface area contributed by atoms with Crippen molar-refractivity contribution in [3.63, 3.8) is 0 Å². The van der Waals surface area contributed by atoms with Gasteiger partial charge in [0.05, 0.1) is 11.3 Å². The number of hydrogen-bond donors (Lipinski definition) is 3. The Hall–Kier alpha value is -1.20. The van der Waals surface area contributed by atoms with Gasteiger partial charge in [-0.3, -0.25) is 10.6 Å². The molecule has 1 aliphatic rings. The molecule has 17 heavy (non-hydrogen) atoms. The number of nitrogens with two attached hydrogens (primary N) is 1. The summed E-state index contributed by atoms with van der Waals surface area (Å²) in [6.07, 6.45) is 2.24. The highest BCUT2D eigenvalue weighted by molar-refractivity contribution is 7.99. The molecule has 1 saturated heterocycles. The second-order valence-corrected chi connectivity index (χ2v) is 5.23. The van der Waals surface area contributed by atoms with Gasteiger partial charge >= 0.3 is 0 Å². The molecule has 2 rings (SSSR count). The van der Waals surface area contributed by atoms with Crippen LogP contribution in [0.15, 0.2) is 24.3 Å². The van der Waals surface area contributed by atoms with E-state index in [0.717, 1.165) is 12.2 Å². The second kappa shape index (κ2) is 5.93. The maximum Gasteiger partial charge on any atom is 0.253 e. The highest BCUT2D eigenvalue weighted by Gasteiger charge is 2.18. The zero-order valence-corrected chi connectivity index (χ0v) is 10.4. The summed E-state index contributed by atoms with van der Waals surface area (Å²) in [5, 5.41) is 3.05. The van der Waals surface area contributed by atoms with Crippen LogP contribution in [0, 0.1) is 0 Å². The van der Waals surface area contributed by atoms with Crippen LogP contribution in [0.25, 0.3) is 0 Å². The average Bonchev–Trinajstić information content (AvgIpc) is 2.40. The Bertz CT molecular complexity index is 391. The van der Waals surface area contributed by atoms with E-state index in [1.165, 1.54) is 12.2 Å². The Balaban J connectivity index is 2.03. The molecule has 4 N–H and O–H groups in total. The molecular formula is C12H17N3OS. The van der Waals surface area contributed by atoms with Gasteiger partial charge in [0.25, 0.3) is 5.91 Å². The summed E-state index contributed by atoms with van der Waals surface area (Å²) >= 11 is 1.90. The number of nitrogen functional groups attached to an aromatic ring is 1. The number of hydrazine groups is 1. The number of anilines is 1. The van der Waals surface area contributed by atoms with Gasteiger partial charge in [0.2, 0.25) is 0 Å². The predicted octanol–water partition coefficient (Wildman–Crippen LogP) is 1.60. The van der Waals surface area contributed by atoms with E-state index in [-0.39, 0.29) is 11.9 Å². The summed E-state index contributed by atoms with van der Waals surface area (Å²) in [5.74, 6) is 7.54. The van der Waals surface area contributed by atoms with Crippen LogP contribution in [0.5, 0.6) is 0 Å². The number of nitrogens with one attached hydrogen (secondary N) is 2. The molecule has 1 fully saturated rings. The minimum absolute atomic E-state index is 0.0500. The van der Waals surface area contributed by atoms with Crippen molar-refractivity contribution in [3.8, 4) is 0 Å². The Morgan fingerprint density at radius 1 is 1.41 bits per heavy atom. The van der Waals surface area contributed by atoms with E-state index in [4.69, 9.17) is 5.84 Å². The third kappa shape index (κ3) is 3.14. The van der Waals surface area contributed by atoms with Gasteiger partial charge < -0.3 is 10.7 Å². The molecule has 1 aromatic rings. The molecule has 1 heterocycles. The van der Waals surface area contributed by atoms with Gasteiger partial charge in [-0.25, -0.2) is 0 Å². The van der Waals surface area contributed by atoms with E-state index < -0.39 is 0 Å². The predicted molar refractivity (Wildman–Crippen MR) is 72.1 cm³/mol. The molecule has 0 aliphatic carbocycles. The lowest BCUT2D eigenvalue weighted by atomic mass is 10.1. The highest BCUT2D eigenvalue weighted by Crippen LogP contribution is 2.18. The monoisotopic (exact) mass is 251 g/mol. The normalized spacial score (nSPS) is 19.7. The Labute approximate surface area is 105 Å². The quantitative estimate of drug-likeness (QED) is 0.564. The van der Waals surface area contributed by atoms with Crippen LogP contribution in [0.4, 0.5) is 5.69 Å². The van der Waals surface area contributed by atoms with Crippen LogP contribution in [0.3, 0.4) is 0 Å². The number of benzene rings is 1. The Morgan fingerprint density at radius 2 is 2.24 bits per heavy atom. The van der Waals surface area contributed by atoms with E-state index in [2.05, 4.69) is 10.7 Å². The van der Waals surface area contributed by atoms with E-state index >= 15 is 0 Å². The standard InChI is InChI=1S/C12H17N3OS/c13-15-11-6-2-1-5-10(11)12(16)14-9-4-3-7-17-8-9/h1-2,5-6,9,15H,3-4,7-8,13H2,(H,14,16). The van der Waals surface area contributed by atoms with E-state index in [9.17, 15) is 4.79 Å². The summed E-state index contributed by atoms with van der Waals surface area (Å²) in [4.78, 5) is 12.1. The maximum absolute atomic E-state index is 12.1. The van der Waals surface area contributed by atoms with Crippen LogP contribution in [0.2, 0.25) is 0 Å². The number of carbonyl (C=O) groups excluding carboxylic acids is 1. The summed E-state index contributed by atoms with van der Waals surface area (Å²) in [6, 6.07) is 7.55. The summed E-state index contributed by atoms with van der Waals surface area (Å²) < 4.78 is 0. The minimum Gasteiger partial charge on any atom is -0.348 e. The molecule has 1 aliphatic heterocycles. The van der Waals surface area contributed by atoms with Crippen molar-refractivity contribution in [1.29, 1.82) is 0 Å². The third-order valence-electron chi connectivity index (χ3n) is 2.82. The molecule has 0 bridgehead atoms. The molecule has 4 nitrogen and oxygen atoms in total. The second-order valence-electron chi connectivity index (χ2n) is 4.08. The number of rotatable bonds is 3. The smallest absolute Gasteiger partial charge is 0.253 e. The van der Waals surface area contributed by atoms with Crippen molar-refractivity contribution < 1.29 is 4.79 Å². The first-order valence-electron chi connectivity index (χ1n) is 5.75. The number of amides is 1. The zero-order chi connectivity index (χ0) is 12.1. The topological polar surface area (TPSA) is 67.1 Å². The van der Waals surface area contributed by atoms with Gasteiger partial charge in [-0.2, -0.15) is 11.8 Å². The van der Waals surface area contributed by atoms with Gasteiger partial charge in [-0.1, -0.05) is 12.1 Å². The van der Waals surface area contributed by atoms with Crippen LogP contribution < -0.4 is 16.6 Å². The lowest BCUT2D eigenvalue weighted by Gasteiger charge is -2.22. The first-order chi connectivity index (χ1) is 8.31. The fraction of sp³-hybridized carbons (Fsp3) is 0.417. The van der Waals surface area contributed by atoms with Crippen LogP contribution in [-0.4, -0.2) is 23.5 Å². The van der Waals surface area contributed by atoms with E-state index in [1.54, 1.807) is 12.1 Å². The zero-order valence-electron chi connectivity index (χ0n) is 9.61. The van der Waals surface area contributed by atoms with Crippen LogP contribution in [0.1, 0.15) is 23.2 Å². The van der Waals surface area contributed by atoms with Gasteiger partial charge in [0, 0.05) is 11.8 Å². The number of carbonyl (C=O) groups is 1. The van der Waals surface area contributed by atoms with E-state index in [1.807, 2.05) is 23.9 Å². The third-order valence-corrected chi connectivity index (χ3v) is 4.04. The molecule has 1 unspecified atom stereocenters. The van der Waals surface area contributed by atoms with Crippen LogP contribution in [-0.2, 0) is 0 Å². The molecule has 1 amide bonds. The van der Waals surface area contributed by atoms with Crippen molar-refractivity contribution in [1.82, 2.24) is 5.32 Å². The van der Waals surface area contributed by atoms with Crippen molar-refractivity contribution in [2.24, 2.45) is 5.84 Å². The minimum atomic E-state index is -0.0500. The first kappa shape index (κ1) is 12.3. The molecule has 92 valence electrons. The largest absolute Gasteiger partial charge is 0.348 e. The van der Waals surface area contributed by atoms with Gasteiger partial charge in [-0.05, 0) is 30.7 Å². The van der Waals surface area contributed by atoms with Crippen molar-refractivity contribution in [2.75, 3.05) is 16.9 Å². The van der Waals surface area contributed by atoms with Gasteiger partial charge in [0.1, 0.15) is 0 Å². The number of thioether (sulfide) groups is 1. The fourth-order valence-corrected chi connectivity index (χ4v) is 3.00. The molecule has 0 radical (unpaired) electrons. The lowest BCUT2D eigenvalue weighted by Crippen LogP contribution is -2.38. The SMILES string of the molecule is NNc1ccccc1C(=O)NC1CCCSC1. The van der Waals surface area contributed by atoms with Crippen molar-refractivity contribution in [2.45, 2.75) is 18.9 Å². The van der Waals surface area contributed by atoms with Gasteiger partial charge in [0.15, 0.2) is 0 Å². The van der Waals surface area contributed by atoms with Crippen LogP contribution >= 0.6 is 11.8 Å². The molecule has 0 saturated carbocycles. The molecule has 0 spiro atoms. The fourth-order valence-electron chi connectivity index (χ4n) is 1.92. The van der Waals surface area contributed by atoms with Gasteiger partial charge in [-0.15, -0.1) is 0 Å². The molecular weight excluding hydrogens is 234 g/mol. The van der Waals surface area contributed by atoms with E-state index in [0.29, 0.717) is 11.3 Å². The number of para-hydroxylation sites is 1. The summed E-state index contributed by atoms with van der Waals surface area (Å²) in [6.45, 7) is 0. The Morgan fingerprint density at radius 3 is 2.94 bits per heavy atom. The maximum atomic E-state index is 12.1. The summed E-state index contributed by atoms with van der Waals surface area (Å²) in [7, 11) is 0. The Kier molecular flexibility index (Phi) is 4.28. The number of hydrogen-bond acceptors (Lipinski definition) is 4. The molecule has 1 atom stereocenters.